The molecule has 0 amide bonds. The average molecular weight is 361 g/mol. The molecule has 0 spiro atoms. The van der Waals surface area contributed by atoms with Crippen LogP contribution in [0.1, 0.15) is 36.3 Å². The third-order valence-corrected chi connectivity index (χ3v) is 4.80. The van der Waals surface area contributed by atoms with Gasteiger partial charge in [-0.1, -0.05) is 31.2 Å². The van der Waals surface area contributed by atoms with Gasteiger partial charge in [0.15, 0.2) is 0 Å². The van der Waals surface area contributed by atoms with E-state index in [1.54, 1.807) is 24.3 Å². The summed E-state index contributed by atoms with van der Waals surface area (Å²) in [6, 6.07) is 11.4. The number of benzene rings is 2. The lowest BCUT2D eigenvalue weighted by Gasteiger charge is -2.14. The Morgan fingerprint density at radius 1 is 1.20 bits per heavy atom. The van der Waals surface area contributed by atoms with Crippen LogP contribution in [-0.2, 0) is 23.0 Å². The van der Waals surface area contributed by atoms with Crippen LogP contribution in [0.3, 0.4) is 0 Å². The number of fused-ring (bicyclic) bond motifs is 1. The molecular formula is C18H20FN3O2S. The van der Waals surface area contributed by atoms with Crippen molar-refractivity contribution in [3.8, 4) is 0 Å². The van der Waals surface area contributed by atoms with Gasteiger partial charge >= 0.3 is 0 Å². The molecule has 1 atom stereocenters. The lowest BCUT2D eigenvalue weighted by Crippen LogP contribution is -2.16. The van der Waals surface area contributed by atoms with Crippen molar-refractivity contribution >= 4 is 21.7 Å². The Kier molecular flexibility index (Phi) is 5.15. The van der Waals surface area contributed by atoms with E-state index in [9.17, 15) is 12.8 Å². The van der Waals surface area contributed by atoms with E-state index in [1.807, 2.05) is 17.6 Å². The van der Waals surface area contributed by atoms with Gasteiger partial charge in [0.25, 0.3) is 0 Å². The smallest absolute Gasteiger partial charge is 0.144 e. The highest BCUT2D eigenvalue weighted by Crippen LogP contribution is 2.26. The number of nitrogens with zero attached hydrogens (tertiary/aromatic N) is 2. The van der Waals surface area contributed by atoms with Crippen molar-refractivity contribution in [2.45, 2.75) is 31.7 Å². The SMILES string of the molecule is CC[C@H](N)c1nc2cccc(C[SH](=O)=O)c2n1Cc1ccc(F)cc1. The minimum atomic E-state index is -2.56. The molecule has 0 bridgehead atoms. The summed E-state index contributed by atoms with van der Waals surface area (Å²) in [7, 11) is -2.56. The van der Waals surface area contributed by atoms with Crippen LogP contribution in [0.15, 0.2) is 42.5 Å². The number of thiol groups is 1. The fraction of sp³-hybridized carbons (Fsp3) is 0.278. The zero-order chi connectivity index (χ0) is 18.0. The van der Waals surface area contributed by atoms with Gasteiger partial charge in [-0.25, -0.2) is 17.8 Å². The van der Waals surface area contributed by atoms with Crippen LogP contribution in [0.25, 0.3) is 11.0 Å². The predicted molar refractivity (Wildman–Crippen MR) is 96.5 cm³/mol. The summed E-state index contributed by atoms with van der Waals surface area (Å²) >= 11 is 0. The number of aromatic nitrogens is 2. The zero-order valence-electron chi connectivity index (χ0n) is 13.9. The summed E-state index contributed by atoms with van der Waals surface area (Å²) in [4.78, 5) is 4.63. The van der Waals surface area contributed by atoms with Gasteiger partial charge < -0.3 is 10.3 Å². The first-order valence-corrected chi connectivity index (χ1v) is 9.45. The molecule has 0 aliphatic carbocycles. The van der Waals surface area contributed by atoms with Crippen LogP contribution >= 0.6 is 0 Å². The molecule has 0 fully saturated rings. The van der Waals surface area contributed by atoms with Crippen LogP contribution in [-0.4, -0.2) is 18.0 Å². The molecule has 1 aromatic heterocycles. The number of nitrogens with two attached hydrogens (primary N) is 1. The van der Waals surface area contributed by atoms with E-state index in [1.165, 1.54) is 12.1 Å². The van der Waals surface area contributed by atoms with Crippen molar-refractivity contribution in [3.05, 3.63) is 65.2 Å². The van der Waals surface area contributed by atoms with E-state index in [-0.39, 0.29) is 17.6 Å². The lowest BCUT2D eigenvalue weighted by molar-refractivity contribution is 0.602. The molecule has 3 rings (SSSR count). The molecule has 5 nitrogen and oxygen atoms in total. The number of hydrogen-bond acceptors (Lipinski definition) is 4. The first-order chi connectivity index (χ1) is 12.0. The van der Waals surface area contributed by atoms with E-state index in [0.717, 1.165) is 16.6 Å². The Bertz CT molecular complexity index is 956. The van der Waals surface area contributed by atoms with Crippen LogP contribution in [0, 0.1) is 5.82 Å². The highest BCUT2D eigenvalue weighted by Gasteiger charge is 2.18. The maximum absolute atomic E-state index is 13.2. The van der Waals surface area contributed by atoms with Gasteiger partial charge in [0.1, 0.15) is 22.3 Å². The average Bonchev–Trinajstić information content (AvgIpc) is 2.95. The van der Waals surface area contributed by atoms with Crippen molar-refractivity contribution in [2.24, 2.45) is 5.73 Å². The second-order valence-corrected chi connectivity index (χ2v) is 6.95. The Labute approximate surface area is 147 Å². The zero-order valence-corrected chi connectivity index (χ0v) is 14.7. The maximum atomic E-state index is 13.2. The number of imidazole rings is 1. The van der Waals surface area contributed by atoms with Gasteiger partial charge in [-0.2, -0.15) is 0 Å². The molecule has 0 aliphatic heterocycles. The van der Waals surface area contributed by atoms with Crippen molar-refractivity contribution in [1.82, 2.24) is 9.55 Å². The first-order valence-electron chi connectivity index (χ1n) is 8.09. The standard InChI is InChI=1S/C18H20FN3O2S/c1-2-15(20)18-21-16-5-3-4-13(11-25(23)24)17(16)22(18)10-12-6-8-14(19)9-7-12/h3-9,15,25H,2,10-11,20H2,1H3/t15-/m0/s1. The van der Waals surface area contributed by atoms with E-state index < -0.39 is 10.7 Å². The van der Waals surface area contributed by atoms with E-state index in [2.05, 4.69) is 4.98 Å². The van der Waals surface area contributed by atoms with Crippen LogP contribution in [0.5, 0.6) is 0 Å². The fourth-order valence-electron chi connectivity index (χ4n) is 2.94. The quantitative estimate of drug-likeness (QED) is 0.662. The number of hydrogen-bond donors (Lipinski definition) is 2. The van der Waals surface area contributed by atoms with Crippen molar-refractivity contribution in [1.29, 1.82) is 0 Å². The molecule has 2 aromatic carbocycles. The van der Waals surface area contributed by atoms with Crippen molar-refractivity contribution in [2.75, 3.05) is 0 Å². The van der Waals surface area contributed by atoms with Crippen molar-refractivity contribution < 1.29 is 12.8 Å². The highest BCUT2D eigenvalue weighted by atomic mass is 32.2. The van der Waals surface area contributed by atoms with Gasteiger partial charge in [0.05, 0.1) is 22.8 Å². The first kappa shape index (κ1) is 17.6. The molecule has 7 heteroatoms. The number of rotatable bonds is 6. The third kappa shape index (κ3) is 3.72. The van der Waals surface area contributed by atoms with Gasteiger partial charge in [0.2, 0.25) is 0 Å². The second-order valence-electron chi connectivity index (χ2n) is 5.97. The molecule has 3 aromatic rings. The summed E-state index contributed by atoms with van der Waals surface area (Å²) in [5.74, 6) is 0.354. The Morgan fingerprint density at radius 3 is 2.56 bits per heavy atom. The summed E-state index contributed by atoms with van der Waals surface area (Å²) in [5.41, 5.74) is 9.30. The van der Waals surface area contributed by atoms with E-state index >= 15 is 0 Å². The van der Waals surface area contributed by atoms with E-state index in [0.29, 0.717) is 24.4 Å². The lowest BCUT2D eigenvalue weighted by atomic mass is 10.1. The van der Waals surface area contributed by atoms with Gasteiger partial charge in [-0.15, -0.1) is 0 Å². The molecule has 132 valence electrons. The normalized spacial score (nSPS) is 12.8. The molecule has 0 saturated heterocycles. The van der Waals surface area contributed by atoms with Crippen LogP contribution in [0.4, 0.5) is 4.39 Å². The number of para-hydroxylation sites is 1. The fourth-order valence-corrected chi connectivity index (χ4v) is 3.48. The summed E-state index contributed by atoms with van der Waals surface area (Å²) in [6.07, 6.45) is 0.706. The molecule has 0 radical (unpaired) electrons. The molecule has 1 heterocycles. The summed E-state index contributed by atoms with van der Waals surface area (Å²) in [6.45, 7) is 2.42. The Hall–Kier alpha value is -2.25. The van der Waals surface area contributed by atoms with Gasteiger partial charge in [-0.3, -0.25) is 0 Å². The third-order valence-electron chi connectivity index (χ3n) is 4.20. The van der Waals surface area contributed by atoms with Crippen molar-refractivity contribution in [3.63, 3.8) is 0 Å². The largest absolute Gasteiger partial charge is 0.322 e. The van der Waals surface area contributed by atoms with Crippen LogP contribution in [0.2, 0.25) is 0 Å². The monoisotopic (exact) mass is 361 g/mol. The molecule has 0 saturated carbocycles. The number of halogens is 1. The Balaban J connectivity index is 2.18. The van der Waals surface area contributed by atoms with Crippen LogP contribution < -0.4 is 5.73 Å². The second kappa shape index (κ2) is 7.33. The minimum absolute atomic E-state index is 0.0530. The predicted octanol–water partition coefficient (Wildman–Crippen LogP) is 2.74. The molecular weight excluding hydrogens is 341 g/mol. The van der Waals surface area contributed by atoms with Gasteiger partial charge in [-0.05, 0) is 35.7 Å². The maximum Gasteiger partial charge on any atom is 0.144 e. The molecule has 2 N–H and O–H groups in total. The van der Waals surface area contributed by atoms with Gasteiger partial charge in [0, 0.05) is 6.54 Å². The molecule has 0 aliphatic rings. The minimum Gasteiger partial charge on any atom is -0.322 e. The topological polar surface area (TPSA) is 78.0 Å². The summed E-state index contributed by atoms with van der Waals surface area (Å²) < 4.78 is 37.6. The molecule has 25 heavy (non-hydrogen) atoms. The molecule has 0 unspecified atom stereocenters. The van der Waals surface area contributed by atoms with E-state index in [4.69, 9.17) is 5.73 Å². The Morgan fingerprint density at radius 2 is 1.92 bits per heavy atom. The highest BCUT2D eigenvalue weighted by molar-refractivity contribution is 7.71. The summed E-state index contributed by atoms with van der Waals surface area (Å²) in [5, 5.41) is 0.